The van der Waals surface area contributed by atoms with Crippen molar-refractivity contribution in [2.45, 2.75) is 20.8 Å². The minimum Gasteiger partial charge on any atom is -0.340 e. The van der Waals surface area contributed by atoms with Gasteiger partial charge < -0.3 is 10.6 Å². The second-order valence-corrected chi connectivity index (χ2v) is 6.03. The zero-order valence-electron chi connectivity index (χ0n) is 14.6. The molecule has 1 heterocycles. The molecule has 2 N–H and O–H groups in total. The Bertz CT molecular complexity index is 923. The van der Waals surface area contributed by atoms with Crippen molar-refractivity contribution in [1.29, 1.82) is 5.26 Å². The highest BCUT2D eigenvalue weighted by atomic mass is 15.1. The number of nitrogens with zero attached hydrogens (tertiary/aromatic N) is 2. The SMILES string of the molecule is Cc1ccc(Nc2nc(Nc3ccccc3)c(C#N)c(C)c2C)cc1. The number of benzene rings is 2. The number of nitrogens with one attached hydrogen (secondary N) is 2. The van der Waals surface area contributed by atoms with Gasteiger partial charge in [-0.1, -0.05) is 35.9 Å². The fraction of sp³-hybridized carbons (Fsp3) is 0.143. The van der Waals surface area contributed by atoms with E-state index in [0.29, 0.717) is 11.4 Å². The van der Waals surface area contributed by atoms with E-state index >= 15 is 0 Å². The van der Waals surface area contributed by atoms with Crippen molar-refractivity contribution in [3.05, 3.63) is 76.9 Å². The molecule has 4 heteroatoms. The molecule has 0 bridgehead atoms. The predicted octanol–water partition coefficient (Wildman–Crippen LogP) is 5.37. The van der Waals surface area contributed by atoms with Gasteiger partial charge in [-0.25, -0.2) is 4.98 Å². The van der Waals surface area contributed by atoms with E-state index in [0.717, 1.165) is 28.3 Å². The molecule has 0 saturated heterocycles. The Morgan fingerprint density at radius 1 is 0.760 bits per heavy atom. The lowest BCUT2D eigenvalue weighted by Gasteiger charge is -2.16. The summed E-state index contributed by atoms with van der Waals surface area (Å²) < 4.78 is 0. The third kappa shape index (κ3) is 3.61. The lowest BCUT2D eigenvalue weighted by molar-refractivity contribution is 1.19. The van der Waals surface area contributed by atoms with E-state index in [1.807, 2.05) is 56.3 Å². The first-order chi connectivity index (χ1) is 12.1. The Hall–Kier alpha value is -3.32. The molecule has 25 heavy (non-hydrogen) atoms. The van der Waals surface area contributed by atoms with Crippen LogP contribution in [0.1, 0.15) is 22.3 Å². The second kappa shape index (κ2) is 7.06. The number of hydrogen-bond donors (Lipinski definition) is 2. The van der Waals surface area contributed by atoms with Crippen LogP contribution in [0.15, 0.2) is 54.6 Å². The number of pyridine rings is 1. The third-order valence-corrected chi connectivity index (χ3v) is 4.22. The van der Waals surface area contributed by atoms with Crippen LogP contribution in [0.2, 0.25) is 0 Å². The Labute approximate surface area is 148 Å². The van der Waals surface area contributed by atoms with E-state index in [1.165, 1.54) is 5.56 Å². The molecule has 0 aliphatic heterocycles. The van der Waals surface area contributed by atoms with Gasteiger partial charge in [0.1, 0.15) is 11.9 Å². The monoisotopic (exact) mass is 328 g/mol. The molecule has 0 saturated carbocycles. The van der Waals surface area contributed by atoms with Gasteiger partial charge in [0.15, 0.2) is 5.82 Å². The molecular formula is C21H20N4. The number of aromatic nitrogens is 1. The summed E-state index contributed by atoms with van der Waals surface area (Å²) in [6.07, 6.45) is 0. The highest BCUT2D eigenvalue weighted by Crippen LogP contribution is 2.29. The van der Waals surface area contributed by atoms with Crippen molar-refractivity contribution < 1.29 is 0 Å². The maximum Gasteiger partial charge on any atom is 0.151 e. The normalized spacial score (nSPS) is 10.2. The average molecular weight is 328 g/mol. The molecule has 1 aromatic heterocycles. The molecular weight excluding hydrogens is 308 g/mol. The van der Waals surface area contributed by atoms with E-state index in [-0.39, 0.29) is 0 Å². The van der Waals surface area contributed by atoms with Crippen molar-refractivity contribution in [2.75, 3.05) is 10.6 Å². The van der Waals surface area contributed by atoms with Gasteiger partial charge >= 0.3 is 0 Å². The fourth-order valence-corrected chi connectivity index (χ4v) is 2.58. The highest BCUT2D eigenvalue weighted by Gasteiger charge is 2.15. The first-order valence-electron chi connectivity index (χ1n) is 8.15. The number of nitriles is 1. The lowest BCUT2D eigenvalue weighted by Crippen LogP contribution is -2.06. The largest absolute Gasteiger partial charge is 0.340 e. The van der Waals surface area contributed by atoms with Gasteiger partial charge in [-0.2, -0.15) is 5.26 Å². The van der Waals surface area contributed by atoms with Crippen molar-refractivity contribution in [3.63, 3.8) is 0 Å². The van der Waals surface area contributed by atoms with Crippen LogP contribution in [-0.2, 0) is 0 Å². The summed E-state index contributed by atoms with van der Waals surface area (Å²) >= 11 is 0. The maximum atomic E-state index is 9.56. The lowest BCUT2D eigenvalue weighted by atomic mass is 10.1. The van der Waals surface area contributed by atoms with E-state index < -0.39 is 0 Å². The van der Waals surface area contributed by atoms with Crippen LogP contribution < -0.4 is 10.6 Å². The minimum atomic E-state index is 0.561. The second-order valence-electron chi connectivity index (χ2n) is 6.03. The first kappa shape index (κ1) is 16.5. The molecule has 0 amide bonds. The van der Waals surface area contributed by atoms with Gasteiger partial charge in [-0.05, 0) is 56.2 Å². The Morgan fingerprint density at radius 2 is 1.36 bits per heavy atom. The first-order valence-corrected chi connectivity index (χ1v) is 8.15. The van der Waals surface area contributed by atoms with Crippen molar-refractivity contribution in [3.8, 4) is 6.07 Å². The van der Waals surface area contributed by atoms with Gasteiger partial charge in [-0.3, -0.25) is 0 Å². The molecule has 3 aromatic rings. The maximum absolute atomic E-state index is 9.56. The summed E-state index contributed by atoms with van der Waals surface area (Å²) in [6, 6.07) is 20.2. The Morgan fingerprint density at radius 3 is 2.00 bits per heavy atom. The van der Waals surface area contributed by atoms with Gasteiger partial charge in [0.2, 0.25) is 0 Å². The van der Waals surface area contributed by atoms with Crippen LogP contribution >= 0.6 is 0 Å². The highest BCUT2D eigenvalue weighted by molar-refractivity contribution is 5.71. The van der Waals surface area contributed by atoms with Gasteiger partial charge in [0.25, 0.3) is 0 Å². The van der Waals surface area contributed by atoms with Crippen LogP contribution in [0.4, 0.5) is 23.0 Å². The zero-order chi connectivity index (χ0) is 17.8. The Kier molecular flexibility index (Phi) is 4.67. The summed E-state index contributed by atoms with van der Waals surface area (Å²) in [5.74, 6) is 1.31. The summed E-state index contributed by atoms with van der Waals surface area (Å²) in [4.78, 5) is 4.67. The third-order valence-electron chi connectivity index (χ3n) is 4.22. The summed E-state index contributed by atoms with van der Waals surface area (Å²) in [7, 11) is 0. The van der Waals surface area contributed by atoms with Crippen LogP contribution in [0.3, 0.4) is 0 Å². The number of hydrogen-bond acceptors (Lipinski definition) is 4. The quantitative estimate of drug-likeness (QED) is 0.676. The zero-order valence-corrected chi connectivity index (χ0v) is 14.6. The molecule has 0 radical (unpaired) electrons. The molecule has 0 atom stereocenters. The predicted molar refractivity (Wildman–Crippen MR) is 103 cm³/mol. The number of para-hydroxylation sites is 1. The molecule has 2 aromatic carbocycles. The van der Waals surface area contributed by atoms with Gasteiger partial charge in [-0.15, -0.1) is 0 Å². The summed E-state index contributed by atoms with van der Waals surface area (Å²) in [5.41, 5.74) is 5.53. The molecule has 0 unspecified atom stereocenters. The number of aryl methyl sites for hydroxylation is 1. The van der Waals surface area contributed by atoms with E-state index in [2.05, 4.69) is 40.7 Å². The Balaban J connectivity index is 2.01. The van der Waals surface area contributed by atoms with Crippen molar-refractivity contribution in [2.24, 2.45) is 0 Å². The molecule has 3 rings (SSSR count). The van der Waals surface area contributed by atoms with Crippen LogP contribution in [0.5, 0.6) is 0 Å². The van der Waals surface area contributed by atoms with E-state index in [9.17, 15) is 5.26 Å². The van der Waals surface area contributed by atoms with Crippen LogP contribution in [0.25, 0.3) is 0 Å². The molecule has 0 aliphatic carbocycles. The summed E-state index contributed by atoms with van der Waals surface area (Å²) in [6.45, 7) is 5.99. The van der Waals surface area contributed by atoms with E-state index in [4.69, 9.17) is 0 Å². The molecule has 0 aliphatic rings. The topological polar surface area (TPSA) is 60.7 Å². The standard InChI is InChI=1S/C21H20N4/c1-14-9-11-18(12-10-14)23-20-16(3)15(2)19(13-22)21(25-20)24-17-7-5-4-6-8-17/h4-12H,1-3H3,(H2,23,24,25). The van der Waals surface area contributed by atoms with E-state index in [1.54, 1.807) is 0 Å². The number of rotatable bonds is 4. The van der Waals surface area contributed by atoms with Crippen molar-refractivity contribution >= 4 is 23.0 Å². The average Bonchev–Trinajstić information content (AvgIpc) is 2.62. The van der Waals surface area contributed by atoms with Gasteiger partial charge in [0, 0.05) is 11.4 Å². The minimum absolute atomic E-state index is 0.561. The van der Waals surface area contributed by atoms with Crippen LogP contribution in [-0.4, -0.2) is 4.98 Å². The smallest absolute Gasteiger partial charge is 0.151 e. The molecule has 0 spiro atoms. The van der Waals surface area contributed by atoms with Crippen molar-refractivity contribution in [1.82, 2.24) is 4.98 Å². The molecule has 124 valence electrons. The molecule has 0 fully saturated rings. The van der Waals surface area contributed by atoms with Crippen LogP contribution in [0, 0.1) is 32.1 Å². The van der Waals surface area contributed by atoms with Gasteiger partial charge in [0.05, 0.1) is 5.56 Å². The summed E-state index contributed by atoms with van der Waals surface area (Å²) in [5, 5.41) is 16.2. The molecule has 4 nitrogen and oxygen atoms in total. The number of anilines is 4. The fourth-order valence-electron chi connectivity index (χ4n) is 2.58.